The van der Waals surface area contributed by atoms with Crippen LogP contribution in [0.4, 0.5) is 0 Å². The van der Waals surface area contributed by atoms with Crippen LogP contribution < -0.4 is 0 Å². The van der Waals surface area contributed by atoms with E-state index in [4.69, 9.17) is 11.8 Å². The van der Waals surface area contributed by atoms with E-state index in [1.54, 1.807) is 0 Å². The smallest absolute Gasteiger partial charge is 0.0430 e. The van der Waals surface area contributed by atoms with Crippen molar-refractivity contribution in [2.75, 3.05) is 5.75 Å². The van der Waals surface area contributed by atoms with Gasteiger partial charge in [-0.3, -0.25) is 0 Å². The summed E-state index contributed by atoms with van der Waals surface area (Å²) in [5, 5.41) is 0. The maximum atomic E-state index is 4.70. The van der Waals surface area contributed by atoms with Crippen LogP contribution in [0, 0.1) is 0 Å². The molecule has 0 bridgehead atoms. The highest BCUT2D eigenvalue weighted by Crippen LogP contribution is 2.18. The van der Waals surface area contributed by atoms with Crippen LogP contribution >= 0.6 is 17.9 Å². The topological polar surface area (TPSA) is 0 Å². The monoisotopic (exact) mass is 152 g/mol. The normalized spacial score (nSPS) is 9.86. The minimum Gasteiger partial charge on any atom is -0.0907 e. The van der Waals surface area contributed by atoms with Crippen molar-refractivity contribution in [2.45, 2.75) is 19.8 Å². The molecule has 0 aliphatic rings. The van der Waals surface area contributed by atoms with Crippen LogP contribution in [-0.4, -0.2) is 5.75 Å². The van der Waals surface area contributed by atoms with Gasteiger partial charge in [0.25, 0.3) is 0 Å². The largest absolute Gasteiger partial charge is 0.0907 e. The van der Waals surface area contributed by atoms with Crippen LogP contribution in [-0.2, 0) is 11.8 Å². The molecule has 0 saturated heterocycles. The zero-order chi connectivity index (χ0) is 5.54. The van der Waals surface area contributed by atoms with Gasteiger partial charge >= 0.3 is 0 Å². The summed E-state index contributed by atoms with van der Waals surface area (Å²) < 4.78 is 0. The van der Waals surface area contributed by atoms with E-state index >= 15 is 0 Å². The zero-order valence-electron chi connectivity index (χ0n) is 4.39. The molecular formula is C4H9PS2. The quantitative estimate of drug-likeness (QED) is 0.449. The van der Waals surface area contributed by atoms with Gasteiger partial charge < -0.3 is 0 Å². The van der Waals surface area contributed by atoms with Gasteiger partial charge in [-0.1, -0.05) is 24.7 Å². The van der Waals surface area contributed by atoms with E-state index in [-0.39, 0.29) is 0 Å². The Labute approximate surface area is 55.7 Å². The average molecular weight is 152 g/mol. The van der Waals surface area contributed by atoms with Gasteiger partial charge in [-0.2, -0.15) is 0 Å². The van der Waals surface area contributed by atoms with Crippen LogP contribution in [0.15, 0.2) is 0 Å². The second kappa shape index (κ2) is 6.87. The highest BCUT2D eigenvalue weighted by molar-refractivity contribution is 8.57. The number of hydrogen-bond acceptors (Lipinski definition) is 2. The molecule has 0 aromatic rings. The minimum absolute atomic E-state index is 1.05. The SMILES string of the molecule is CCCCSP=S. The molecule has 0 unspecified atom stereocenters. The van der Waals surface area contributed by atoms with E-state index < -0.39 is 0 Å². The van der Waals surface area contributed by atoms with Gasteiger partial charge in [-0.05, 0) is 18.2 Å². The van der Waals surface area contributed by atoms with Gasteiger partial charge in [0.15, 0.2) is 0 Å². The lowest BCUT2D eigenvalue weighted by atomic mass is 10.4. The highest BCUT2D eigenvalue weighted by Gasteiger charge is 1.79. The Bertz CT molecular complexity index is 47.0. The van der Waals surface area contributed by atoms with Crippen LogP contribution in [0.3, 0.4) is 0 Å². The van der Waals surface area contributed by atoms with E-state index in [2.05, 4.69) is 6.92 Å². The molecule has 0 fully saturated rings. The first kappa shape index (κ1) is 7.87. The molecule has 0 aromatic carbocycles. The van der Waals surface area contributed by atoms with Crippen LogP contribution in [0.25, 0.3) is 0 Å². The fourth-order valence-electron chi connectivity index (χ4n) is 0.246. The molecule has 7 heavy (non-hydrogen) atoms. The Hall–Kier alpha value is 0.870. The van der Waals surface area contributed by atoms with Gasteiger partial charge in [0.1, 0.15) is 0 Å². The first-order valence-corrected chi connectivity index (χ1v) is 5.86. The molecular weight excluding hydrogens is 143 g/mol. The highest BCUT2D eigenvalue weighted by atomic mass is 32.9. The van der Waals surface area contributed by atoms with E-state index in [1.807, 2.05) is 11.4 Å². The minimum atomic E-state index is 1.05. The predicted octanol–water partition coefficient (Wildman–Crippen LogP) is 2.84. The summed E-state index contributed by atoms with van der Waals surface area (Å²) in [6, 6.07) is 0. The molecule has 3 heteroatoms. The zero-order valence-corrected chi connectivity index (χ0v) is 6.91. The van der Waals surface area contributed by atoms with Gasteiger partial charge in [0, 0.05) is 12.3 Å². The molecule has 0 aliphatic carbocycles. The summed E-state index contributed by atoms with van der Waals surface area (Å²) in [6.45, 7) is 3.25. The molecule has 0 radical (unpaired) electrons. The van der Waals surface area contributed by atoms with Crippen LogP contribution in [0.1, 0.15) is 19.8 Å². The predicted molar refractivity (Wildman–Crippen MR) is 41.7 cm³/mol. The second-order valence-electron chi connectivity index (χ2n) is 1.26. The number of unbranched alkanes of at least 4 members (excludes halogenated alkanes) is 1. The van der Waals surface area contributed by atoms with Crippen molar-refractivity contribution in [3.8, 4) is 0 Å². The maximum Gasteiger partial charge on any atom is 0.0430 e. The third kappa shape index (κ3) is 6.87. The lowest BCUT2D eigenvalue weighted by Gasteiger charge is -1.86. The van der Waals surface area contributed by atoms with Crippen molar-refractivity contribution < 1.29 is 0 Å². The molecule has 0 saturated carbocycles. The van der Waals surface area contributed by atoms with Crippen LogP contribution in [0.5, 0.6) is 0 Å². The standard InChI is InChI=1S/C4H9PS2/c1-2-3-4-7-5-6/h2-4H2,1H3. The molecule has 42 valence electrons. The van der Waals surface area contributed by atoms with Crippen molar-refractivity contribution in [1.82, 2.24) is 0 Å². The summed E-state index contributed by atoms with van der Waals surface area (Å²) >= 11 is 6.52. The fraction of sp³-hybridized carbons (Fsp3) is 1.00. The Balaban J connectivity index is 2.56. The van der Waals surface area contributed by atoms with Crippen LogP contribution in [0.2, 0.25) is 0 Å². The molecule has 0 amide bonds. The van der Waals surface area contributed by atoms with Gasteiger partial charge in [-0.15, -0.1) is 0 Å². The average Bonchev–Trinajstić information content (AvgIpc) is 1.69. The molecule has 0 N–H and O–H groups in total. The van der Waals surface area contributed by atoms with E-state index in [0.717, 1.165) is 6.56 Å². The lowest BCUT2D eigenvalue weighted by molar-refractivity contribution is 0.898. The van der Waals surface area contributed by atoms with Crippen molar-refractivity contribution in [1.29, 1.82) is 0 Å². The van der Waals surface area contributed by atoms with Crippen molar-refractivity contribution in [2.24, 2.45) is 0 Å². The Morgan fingerprint density at radius 3 is 2.86 bits per heavy atom. The summed E-state index contributed by atoms with van der Waals surface area (Å²) in [5.74, 6) is 1.24. The number of rotatable bonds is 4. The van der Waals surface area contributed by atoms with E-state index in [1.165, 1.54) is 18.6 Å². The molecule has 0 heterocycles. The van der Waals surface area contributed by atoms with E-state index in [0.29, 0.717) is 0 Å². The van der Waals surface area contributed by atoms with E-state index in [9.17, 15) is 0 Å². The fourth-order valence-corrected chi connectivity index (χ4v) is 2.02. The molecule has 0 rings (SSSR count). The van der Waals surface area contributed by atoms with Crippen molar-refractivity contribution >= 4 is 29.7 Å². The lowest BCUT2D eigenvalue weighted by Crippen LogP contribution is -1.68. The summed E-state index contributed by atoms with van der Waals surface area (Å²) in [7, 11) is 0. The first-order chi connectivity index (χ1) is 3.41. The van der Waals surface area contributed by atoms with Crippen molar-refractivity contribution in [3.05, 3.63) is 0 Å². The summed E-state index contributed by atoms with van der Waals surface area (Å²) in [4.78, 5) is 0. The van der Waals surface area contributed by atoms with Gasteiger partial charge in [0.05, 0.1) is 0 Å². The first-order valence-electron chi connectivity index (χ1n) is 2.36. The Morgan fingerprint density at radius 2 is 2.43 bits per heavy atom. The summed E-state index contributed by atoms with van der Waals surface area (Å²) in [5.41, 5.74) is 0. The molecule has 0 spiro atoms. The Morgan fingerprint density at radius 1 is 1.71 bits per heavy atom. The second-order valence-corrected chi connectivity index (χ2v) is 4.64. The third-order valence-electron chi connectivity index (χ3n) is 0.642. The number of hydrogen-bond donors (Lipinski definition) is 0. The van der Waals surface area contributed by atoms with Crippen molar-refractivity contribution in [3.63, 3.8) is 0 Å². The molecule has 0 aromatic heterocycles. The molecule has 0 aliphatic heterocycles. The van der Waals surface area contributed by atoms with Gasteiger partial charge in [0.2, 0.25) is 0 Å². The maximum absolute atomic E-state index is 4.70. The molecule has 0 nitrogen and oxygen atoms in total. The van der Waals surface area contributed by atoms with Gasteiger partial charge in [-0.25, -0.2) is 0 Å². The molecule has 0 atom stereocenters. The Kier molecular flexibility index (Phi) is 7.72. The third-order valence-corrected chi connectivity index (χ3v) is 3.03. The summed E-state index contributed by atoms with van der Waals surface area (Å²) in [6.07, 6.45) is 2.60.